The highest BCUT2D eigenvalue weighted by molar-refractivity contribution is 7.13. The summed E-state index contributed by atoms with van der Waals surface area (Å²) in [6.45, 7) is 6.28. The largest absolute Gasteiger partial charge is 0.378 e. The zero-order valence-electron chi connectivity index (χ0n) is 9.66. The summed E-state index contributed by atoms with van der Waals surface area (Å²) in [5.74, 6) is 0.640. The molecule has 0 aromatic carbocycles. The Kier molecular flexibility index (Phi) is 4.42. The average molecular weight is 227 g/mol. The summed E-state index contributed by atoms with van der Waals surface area (Å²) in [6.07, 6.45) is 0.925. The highest BCUT2D eigenvalue weighted by Crippen LogP contribution is 2.22. The van der Waals surface area contributed by atoms with E-state index >= 15 is 0 Å². The molecule has 0 spiro atoms. The lowest BCUT2D eigenvalue weighted by molar-refractivity contribution is 0.101. The van der Waals surface area contributed by atoms with Gasteiger partial charge in [0.05, 0.1) is 22.2 Å². The standard InChI is InChI=1S/C11H17NO2S/c1-7(2)5-10-12-9(6-14-4)11(15-10)8(3)13/h7H,5-6H2,1-4H3. The maximum Gasteiger partial charge on any atom is 0.171 e. The third kappa shape index (κ3) is 3.39. The fourth-order valence-corrected chi connectivity index (χ4v) is 2.52. The quantitative estimate of drug-likeness (QED) is 0.726. The number of carbonyl (C=O) groups is 1. The van der Waals surface area contributed by atoms with Crippen molar-refractivity contribution >= 4 is 17.1 Å². The van der Waals surface area contributed by atoms with E-state index in [4.69, 9.17) is 4.74 Å². The number of aromatic nitrogens is 1. The second kappa shape index (κ2) is 5.37. The van der Waals surface area contributed by atoms with Crippen LogP contribution in [0.4, 0.5) is 0 Å². The molecule has 0 aliphatic rings. The maximum atomic E-state index is 11.4. The van der Waals surface area contributed by atoms with Crippen LogP contribution in [0.2, 0.25) is 0 Å². The molecule has 1 aromatic heterocycles. The van der Waals surface area contributed by atoms with E-state index in [1.165, 1.54) is 11.3 Å². The zero-order valence-corrected chi connectivity index (χ0v) is 10.5. The second-order valence-electron chi connectivity index (χ2n) is 3.97. The summed E-state index contributed by atoms with van der Waals surface area (Å²) in [5, 5.41) is 1.03. The number of nitrogens with zero attached hydrogens (tertiary/aromatic N) is 1. The van der Waals surface area contributed by atoms with Crippen molar-refractivity contribution in [3.8, 4) is 0 Å². The first-order valence-electron chi connectivity index (χ1n) is 5.03. The minimum absolute atomic E-state index is 0.0783. The number of ketones is 1. The first-order chi connectivity index (χ1) is 7.04. The molecule has 0 saturated heterocycles. The Bertz CT molecular complexity index is 344. The number of rotatable bonds is 5. The van der Waals surface area contributed by atoms with Gasteiger partial charge in [-0.1, -0.05) is 13.8 Å². The molecule has 1 aromatic rings. The van der Waals surface area contributed by atoms with Gasteiger partial charge in [-0.3, -0.25) is 4.79 Å². The van der Waals surface area contributed by atoms with Crippen LogP contribution in [0.15, 0.2) is 0 Å². The lowest BCUT2D eigenvalue weighted by Crippen LogP contribution is -1.98. The van der Waals surface area contributed by atoms with Crippen LogP contribution in [0.3, 0.4) is 0 Å². The maximum absolute atomic E-state index is 11.4. The number of hydrogen-bond donors (Lipinski definition) is 0. The molecule has 0 saturated carbocycles. The van der Waals surface area contributed by atoms with Crippen molar-refractivity contribution in [2.45, 2.75) is 33.8 Å². The number of methoxy groups -OCH3 is 1. The van der Waals surface area contributed by atoms with Gasteiger partial charge in [0, 0.05) is 20.5 Å². The smallest absolute Gasteiger partial charge is 0.171 e. The van der Waals surface area contributed by atoms with E-state index in [0.29, 0.717) is 12.5 Å². The van der Waals surface area contributed by atoms with E-state index in [2.05, 4.69) is 18.8 Å². The average Bonchev–Trinajstić information content (AvgIpc) is 2.47. The van der Waals surface area contributed by atoms with E-state index in [0.717, 1.165) is 22.0 Å². The summed E-state index contributed by atoms with van der Waals surface area (Å²) in [5.41, 5.74) is 0.783. The molecule has 0 aliphatic heterocycles. The molecule has 84 valence electrons. The van der Waals surface area contributed by atoms with E-state index in [1.807, 2.05) is 0 Å². The second-order valence-corrected chi connectivity index (χ2v) is 5.05. The molecule has 0 fully saturated rings. The van der Waals surface area contributed by atoms with Crippen molar-refractivity contribution in [2.24, 2.45) is 5.92 Å². The van der Waals surface area contributed by atoms with Crippen LogP contribution < -0.4 is 0 Å². The number of Topliss-reactive ketones (excluding diaryl/α,β-unsaturated/α-hetero) is 1. The summed E-state index contributed by atoms with van der Waals surface area (Å²) >= 11 is 1.50. The predicted molar refractivity (Wildman–Crippen MR) is 61.4 cm³/mol. The van der Waals surface area contributed by atoms with E-state index in [-0.39, 0.29) is 5.78 Å². The molecule has 3 nitrogen and oxygen atoms in total. The predicted octanol–water partition coefficient (Wildman–Crippen LogP) is 2.69. The van der Waals surface area contributed by atoms with Crippen LogP contribution >= 0.6 is 11.3 Å². The molecule has 0 N–H and O–H groups in total. The van der Waals surface area contributed by atoms with Gasteiger partial charge in [-0.05, 0) is 5.92 Å². The highest BCUT2D eigenvalue weighted by Gasteiger charge is 2.15. The van der Waals surface area contributed by atoms with Crippen LogP contribution in [0.5, 0.6) is 0 Å². The van der Waals surface area contributed by atoms with Crippen molar-refractivity contribution in [3.05, 3.63) is 15.6 Å². The van der Waals surface area contributed by atoms with E-state index < -0.39 is 0 Å². The van der Waals surface area contributed by atoms with Gasteiger partial charge in [0.25, 0.3) is 0 Å². The van der Waals surface area contributed by atoms with Crippen molar-refractivity contribution in [3.63, 3.8) is 0 Å². The molecular formula is C11H17NO2S. The van der Waals surface area contributed by atoms with Gasteiger partial charge < -0.3 is 4.74 Å². The summed E-state index contributed by atoms with van der Waals surface area (Å²) in [7, 11) is 1.62. The molecule has 1 heterocycles. The van der Waals surface area contributed by atoms with Gasteiger partial charge in [0.1, 0.15) is 0 Å². The minimum atomic E-state index is 0.0783. The van der Waals surface area contributed by atoms with Crippen LogP contribution in [0.1, 0.15) is 41.1 Å². The summed E-state index contributed by atoms with van der Waals surface area (Å²) in [6, 6.07) is 0. The normalized spacial score (nSPS) is 11.0. The van der Waals surface area contributed by atoms with Crippen molar-refractivity contribution in [1.29, 1.82) is 0 Å². The van der Waals surface area contributed by atoms with Crippen LogP contribution in [0, 0.1) is 5.92 Å². The number of carbonyl (C=O) groups excluding carboxylic acids is 1. The lowest BCUT2D eigenvalue weighted by Gasteiger charge is -1.98. The molecule has 0 radical (unpaired) electrons. The highest BCUT2D eigenvalue weighted by atomic mass is 32.1. The first kappa shape index (κ1) is 12.3. The van der Waals surface area contributed by atoms with E-state index in [1.54, 1.807) is 14.0 Å². The summed E-state index contributed by atoms with van der Waals surface area (Å²) in [4.78, 5) is 16.5. The molecule has 0 atom stereocenters. The molecule has 1 rings (SSSR count). The Balaban J connectivity index is 2.93. The van der Waals surface area contributed by atoms with Gasteiger partial charge in [0.15, 0.2) is 5.78 Å². The zero-order chi connectivity index (χ0) is 11.4. The minimum Gasteiger partial charge on any atom is -0.378 e. The number of ether oxygens (including phenoxy) is 1. The SMILES string of the molecule is COCc1nc(CC(C)C)sc1C(C)=O. The van der Waals surface area contributed by atoms with Crippen LogP contribution in [-0.2, 0) is 17.8 Å². The Morgan fingerprint density at radius 1 is 1.53 bits per heavy atom. The van der Waals surface area contributed by atoms with Gasteiger partial charge in [0.2, 0.25) is 0 Å². The number of hydrogen-bond acceptors (Lipinski definition) is 4. The molecule has 4 heteroatoms. The lowest BCUT2D eigenvalue weighted by atomic mass is 10.1. The fourth-order valence-electron chi connectivity index (χ4n) is 1.35. The van der Waals surface area contributed by atoms with E-state index in [9.17, 15) is 4.79 Å². The molecule has 15 heavy (non-hydrogen) atoms. The van der Waals surface area contributed by atoms with Gasteiger partial charge in [-0.2, -0.15) is 0 Å². The third-order valence-corrected chi connectivity index (χ3v) is 3.15. The van der Waals surface area contributed by atoms with Crippen molar-refractivity contribution in [1.82, 2.24) is 4.98 Å². The van der Waals surface area contributed by atoms with Crippen LogP contribution in [0.25, 0.3) is 0 Å². The topological polar surface area (TPSA) is 39.2 Å². The Morgan fingerprint density at radius 2 is 2.20 bits per heavy atom. The number of thiazole rings is 1. The summed E-state index contributed by atoms with van der Waals surface area (Å²) < 4.78 is 5.03. The Morgan fingerprint density at radius 3 is 2.67 bits per heavy atom. The van der Waals surface area contributed by atoms with Crippen molar-refractivity contribution < 1.29 is 9.53 Å². The molecule has 0 bridgehead atoms. The Hall–Kier alpha value is -0.740. The first-order valence-corrected chi connectivity index (χ1v) is 5.84. The molecule has 0 amide bonds. The Labute approximate surface area is 94.5 Å². The molecular weight excluding hydrogens is 210 g/mol. The monoisotopic (exact) mass is 227 g/mol. The third-order valence-electron chi connectivity index (χ3n) is 1.93. The molecule has 0 unspecified atom stereocenters. The van der Waals surface area contributed by atoms with Crippen LogP contribution in [-0.4, -0.2) is 17.9 Å². The van der Waals surface area contributed by atoms with Gasteiger partial charge >= 0.3 is 0 Å². The van der Waals surface area contributed by atoms with Crippen molar-refractivity contribution in [2.75, 3.05) is 7.11 Å². The van der Waals surface area contributed by atoms with Gasteiger partial charge in [-0.25, -0.2) is 4.98 Å². The fraction of sp³-hybridized carbons (Fsp3) is 0.636. The molecule has 0 aliphatic carbocycles. The van der Waals surface area contributed by atoms with Gasteiger partial charge in [-0.15, -0.1) is 11.3 Å².